The van der Waals surface area contributed by atoms with Gasteiger partial charge in [-0.15, -0.1) is 66.8 Å². The van der Waals surface area contributed by atoms with Gasteiger partial charge in [-0.2, -0.15) is 89.4 Å². The quantitative estimate of drug-likeness (QED) is 0.00430. The molecule has 0 fully saturated rings. The molecule has 6 aromatic carbocycles. The summed E-state index contributed by atoms with van der Waals surface area (Å²) in [6.45, 7) is 5.30. The van der Waals surface area contributed by atoms with Crippen molar-refractivity contribution in [2.75, 3.05) is 63.6 Å². The van der Waals surface area contributed by atoms with Gasteiger partial charge in [0.05, 0.1) is 78.1 Å². The summed E-state index contributed by atoms with van der Waals surface area (Å²) in [5.41, 5.74) is -1.49. The number of rotatable bonds is 37. The van der Waals surface area contributed by atoms with Crippen molar-refractivity contribution >= 4 is 202 Å². The van der Waals surface area contributed by atoms with E-state index in [1.807, 2.05) is 0 Å². The van der Waals surface area contributed by atoms with Crippen molar-refractivity contribution in [2.24, 2.45) is 40.9 Å². The van der Waals surface area contributed by atoms with Gasteiger partial charge in [0.2, 0.25) is 23.7 Å². The predicted molar refractivity (Wildman–Crippen MR) is 430 cm³/mol. The molecule has 11 N–H and O–H groups in total. The number of anilines is 5. The number of aromatic nitrogens is 5. The van der Waals surface area contributed by atoms with Crippen LogP contribution in [0.5, 0.6) is 11.6 Å². The van der Waals surface area contributed by atoms with E-state index in [9.17, 15) is 111 Å². The number of aromatic hydroxyl groups is 1. The summed E-state index contributed by atoms with van der Waals surface area (Å²) >= 11 is 1.88. The summed E-state index contributed by atoms with van der Waals surface area (Å²) in [5, 5.41) is 77.9. The number of hydrogen-bond donors (Lipinski definition) is 11. The van der Waals surface area contributed by atoms with Crippen LogP contribution in [0.2, 0.25) is 0 Å². The van der Waals surface area contributed by atoms with Gasteiger partial charge in [0.25, 0.3) is 76.5 Å². The lowest BCUT2D eigenvalue weighted by molar-refractivity contribution is -0.385. The summed E-state index contributed by atoms with van der Waals surface area (Å²) in [7, 11) is -36.0. The number of hydrogen-bond acceptors (Lipinski definition) is 39. The molecule has 0 saturated heterocycles. The molecule has 0 bridgehead atoms. The molecule has 0 saturated carbocycles. The Morgan fingerprint density at radius 1 is 0.563 bits per heavy atom. The number of nitriles is 1. The first kappa shape index (κ1) is 95.4. The molecule has 638 valence electrons. The van der Waals surface area contributed by atoms with Gasteiger partial charge < -0.3 is 25.8 Å². The Balaban J connectivity index is 0.00000382. The number of nitrogens with zero attached hydrogens (tertiary/aromatic N) is 15. The van der Waals surface area contributed by atoms with Crippen molar-refractivity contribution in [3.63, 3.8) is 0 Å². The van der Waals surface area contributed by atoms with E-state index in [1.54, 1.807) is 6.92 Å². The monoisotopic (exact) mass is 1840 g/mol. The lowest BCUT2D eigenvalue weighted by atomic mass is 10.0. The van der Waals surface area contributed by atoms with Gasteiger partial charge in [-0.05, 0) is 141 Å². The number of benzene rings is 6. The van der Waals surface area contributed by atoms with Gasteiger partial charge in [0.1, 0.15) is 45.0 Å². The smallest absolute Gasteiger partial charge is 0.425 e. The van der Waals surface area contributed by atoms with Crippen molar-refractivity contribution < 1.29 is 118 Å². The second kappa shape index (κ2) is 39.9. The molecule has 0 aliphatic heterocycles. The molecule has 3 aromatic heterocycles. The SMILES string of the molecule is C.CCCc1c(N=Nc2cc(C)c(N=Nc3cc(Nc4nc(NCCS(=O)(=O)O)nc(Nc5cccc(S(=O)(=O)O)c5)n4)c(N=Nc4cc(C)c(N=Nc5ccc([N+](=O)[O-])cc5S(=O)(=O)O)cc4SCCCS(=O)(=O)O)cc3SCCCS(=O)(=O)O)cc2OCCCS(=O)(=O)O)c(O)n2c(nc3cc(S(=O)(=O)O)cc(C)c32)c1C#N.O=S(=O)=O. The molecule has 0 unspecified atom stereocenters. The van der Waals surface area contributed by atoms with Crippen molar-refractivity contribution in [3.05, 3.63) is 129 Å². The zero-order valence-electron chi connectivity index (χ0n) is 60.9. The molecule has 0 aliphatic rings. The van der Waals surface area contributed by atoms with Crippen LogP contribution in [0.4, 0.5) is 80.4 Å². The van der Waals surface area contributed by atoms with Crippen LogP contribution in [-0.2, 0) is 87.9 Å². The molecule has 0 spiro atoms. The van der Waals surface area contributed by atoms with Crippen LogP contribution in [0.25, 0.3) is 16.7 Å². The van der Waals surface area contributed by atoms with E-state index >= 15 is 0 Å². The number of non-ortho nitro benzene ring substituents is 1. The number of imidazole rings is 1. The van der Waals surface area contributed by atoms with Gasteiger partial charge in [-0.3, -0.25) is 46.4 Å². The lowest BCUT2D eigenvalue weighted by Gasteiger charge is -2.15. The predicted octanol–water partition coefficient (Wildman–Crippen LogP) is 12.3. The average Bonchev–Trinajstić information content (AvgIpc) is 1.58. The van der Waals surface area contributed by atoms with Crippen molar-refractivity contribution in [3.8, 4) is 17.7 Å². The fraction of sp³-hybridized carbons (Fsp3) is 0.286. The minimum atomic E-state index is -5.15. The zero-order valence-corrected chi connectivity index (χ0v) is 69.1. The fourth-order valence-electron chi connectivity index (χ4n) is 10.4. The first-order chi connectivity index (χ1) is 55.0. The van der Waals surface area contributed by atoms with Gasteiger partial charge in [-0.1, -0.05) is 26.8 Å². The van der Waals surface area contributed by atoms with E-state index in [0.717, 1.165) is 64.3 Å². The third-order valence-electron chi connectivity index (χ3n) is 15.5. The highest BCUT2D eigenvalue weighted by atomic mass is 32.2. The van der Waals surface area contributed by atoms with Crippen LogP contribution in [-0.4, -0.2) is 185 Å². The second-order valence-corrected chi connectivity index (χ2v) is 37.6. The van der Waals surface area contributed by atoms with E-state index < -0.39 is 172 Å². The number of azo groups is 4. The van der Waals surface area contributed by atoms with E-state index in [0.29, 0.717) is 12.5 Å². The molecule has 0 radical (unpaired) electrons. The Morgan fingerprint density at radius 2 is 1.08 bits per heavy atom. The Labute approximate surface area is 687 Å². The van der Waals surface area contributed by atoms with Gasteiger partial charge in [0.15, 0.2) is 11.3 Å². The maximum atomic E-state index is 12.4. The number of nitro benzene ring substituents is 1. The highest BCUT2D eigenvalue weighted by molar-refractivity contribution is 7.99. The molecular weight excluding hydrogens is 1780 g/mol. The highest BCUT2D eigenvalue weighted by Gasteiger charge is 2.28. The molecule has 3 heterocycles. The Morgan fingerprint density at radius 3 is 1.63 bits per heavy atom. The van der Waals surface area contributed by atoms with Crippen molar-refractivity contribution in [1.29, 1.82) is 5.26 Å². The average molecular weight is 1850 g/mol. The van der Waals surface area contributed by atoms with Crippen LogP contribution in [0, 0.1) is 42.2 Å². The molecule has 0 amide bonds. The Kier molecular flexibility index (Phi) is 32.0. The number of thioether (sulfide) groups is 2. The van der Waals surface area contributed by atoms with Crippen molar-refractivity contribution in [1.82, 2.24) is 24.3 Å². The molecular formula is C63H68N18O28S10. The minimum Gasteiger partial charge on any atom is -0.493 e. The second-order valence-electron chi connectivity index (χ2n) is 24.4. The van der Waals surface area contributed by atoms with Crippen LogP contribution in [0.3, 0.4) is 0 Å². The van der Waals surface area contributed by atoms with Crippen LogP contribution in [0.15, 0.2) is 156 Å². The Hall–Kier alpha value is -10.7. The number of ether oxygens (including phenoxy) is 1. The first-order valence-corrected chi connectivity index (χ1v) is 46.8. The first-order valence-electron chi connectivity index (χ1n) is 33.0. The summed E-state index contributed by atoms with van der Waals surface area (Å²) in [5.74, 6) is -5.32. The van der Waals surface area contributed by atoms with Crippen LogP contribution >= 0.6 is 23.5 Å². The third kappa shape index (κ3) is 27.9. The maximum Gasteiger partial charge on any atom is 0.425 e. The lowest BCUT2D eigenvalue weighted by Crippen LogP contribution is -2.17. The zero-order chi connectivity index (χ0) is 87.2. The molecule has 9 aromatic rings. The highest BCUT2D eigenvalue weighted by Crippen LogP contribution is 2.47. The molecule has 46 nitrogen and oxygen atoms in total. The van der Waals surface area contributed by atoms with Gasteiger partial charge in [0, 0.05) is 45.8 Å². The maximum absolute atomic E-state index is 12.4. The number of nitrogens with one attached hydrogen (secondary N) is 3. The van der Waals surface area contributed by atoms with Gasteiger partial charge in [-0.25, -0.2) is 4.98 Å². The van der Waals surface area contributed by atoms with E-state index in [4.69, 9.17) is 17.4 Å². The summed E-state index contributed by atoms with van der Waals surface area (Å²) in [6.07, 6.45) is -0.209. The van der Waals surface area contributed by atoms with Crippen LogP contribution < -0.4 is 20.7 Å². The molecule has 119 heavy (non-hydrogen) atoms. The molecule has 0 atom stereocenters. The summed E-state index contributed by atoms with van der Waals surface area (Å²) in [4.78, 5) is 26.3. The standard InChI is InChI=1S/C62H64N18O25S9.CH4.O3S/c1-5-10-41-42(33-63)58-66-51-28-40(113(99,100)101)23-36(4)57(51)79(58)59(81)56(41)78-75-48-24-34(2)44(30-52(48)105-16-7-19-108(84,85)86)72-77-50-29-46(67-62-69-60(64-15-22-111(93,94)95)68-61(70-62)65-37-11-6-12-39(26-37)112(96,97)98)47(32-54(50)107-18-9-21-110(90,91)92)74-76-49-25-35(3)45(31-53(49)106-17-8-20-109(87,88)89)73-71-43-14-13-38(80(82)83)27-55(43)114(102,103)104;;1-4(2)3/h6,11-14,23-32,81H,5,7-10,15-22H2,1-4H3,(H,84,85,86)(H,87,88,89)(H,90,91,92)(H,93,94,95)(H,96,97,98)(H,99,100,101)(H,102,103,104)(H3,64,65,67,68,69,70);1H4;. The van der Waals surface area contributed by atoms with E-state index in [-0.39, 0.29) is 156 Å². The molecule has 56 heteroatoms. The largest absolute Gasteiger partial charge is 0.493 e. The van der Waals surface area contributed by atoms with E-state index in [2.05, 4.69) is 82.9 Å². The van der Waals surface area contributed by atoms with Crippen molar-refractivity contribution in [2.45, 2.75) is 91.7 Å². The fourth-order valence-corrected chi connectivity index (χ4v) is 16.3. The van der Waals surface area contributed by atoms with E-state index in [1.165, 1.54) is 69.3 Å². The third-order valence-corrected chi connectivity index (χ3v) is 23.5. The number of fused-ring (bicyclic) bond motifs is 3. The molecule has 0 aliphatic carbocycles. The minimum absolute atomic E-state index is 0. The van der Waals surface area contributed by atoms with Crippen LogP contribution in [0.1, 0.15) is 67.9 Å². The Bertz CT molecular complexity index is 6620. The summed E-state index contributed by atoms with van der Waals surface area (Å²) < 4.78 is 270. The normalized spacial score (nSPS) is 12.5. The molecule has 9 rings (SSSR count). The number of pyridine rings is 1. The van der Waals surface area contributed by atoms with Gasteiger partial charge >= 0.3 is 10.6 Å². The number of aryl methyl sites for hydroxylation is 3. The topological polar surface area (TPSA) is 719 Å². The summed E-state index contributed by atoms with van der Waals surface area (Å²) in [6, 6.07) is 19.3. The number of nitro groups is 1.